The molecule has 0 atom stereocenters. The van der Waals surface area contributed by atoms with Crippen LogP contribution in [0.1, 0.15) is 10.4 Å². The van der Waals surface area contributed by atoms with E-state index in [-0.39, 0.29) is 15.4 Å². The van der Waals surface area contributed by atoms with E-state index in [0.717, 1.165) is 17.8 Å². The Hall–Kier alpha value is -3.93. The molecule has 0 spiro atoms. The van der Waals surface area contributed by atoms with Crippen molar-refractivity contribution in [1.82, 2.24) is 4.72 Å². The van der Waals surface area contributed by atoms with Crippen LogP contribution < -0.4 is 9.46 Å². The van der Waals surface area contributed by atoms with E-state index in [0.29, 0.717) is 21.4 Å². The summed E-state index contributed by atoms with van der Waals surface area (Å²) in [7, 11) is -4.28. The summed E-state index contributed by atoms with van der Waals surface area (Å²) in [5.41, 5.74) is -0.621. The van der Waals surface area contributed by atoms with Gasteiger partial charge in [-0.3, -0.25) is 14.9 Å². The number of nitrogens with zero attached hydrogens (tertiary/aromatic N) is 1. The highest BCUT2D eigenvalue weighted by Gasteiger charge is 2.23. The highest BCUT2D eigenvalue weighted by molar-refractivity contribution is 7.99. The van der Waals surface area contributed by atoms with Gasteiger partial charge in [-0.15, -0.1) is 0 Å². The molecular weight excluding hydrogens is 543 g/mol. The topological polar surface area (TPSA) is 116 Å². The number of ether oxygens (including phenoxy) is 1. The van der Waals surface area contributed by atoms with Crippen LogP contribution in [-0.2, 0) is 10.0 Å². The van der Waals surface area contributed by atoms with Crippen LogP contribution in [0.5, 0.6) is 11.5 Å². The van der Waals surface area contributed by atoms with Gasteiger partial charge in [-0.25, -0.2) is 17.5 Å². The number of amides is 1. The Kier molecular flexibility index (Phi) is 7.77. The minimum absolute atomic E-state index is 0.201. The van der Waals surface area contributed by atoms with Crippen molar-refractivity contribution >= 4 is 45.0 Å². The first-order chi connectivity index (χ1) is 17.6. The molecule has 0 aliphatic rings. The minimum atomic E-state index is -4.28. The van der Waals surface area contributed by atoms with Gasteiger partial charge in [0.15, 0.2) is 0 Å². The number of nitro benzene ring substituents is 1. The van der Waals surface area contributed by atoms with E-state index >= 15 is 0 Å². The molecule has 0 aromatic heterocycles. The molecule has 0 heterocycles. The van der Waals surface area contributed by atoms with Crippen LogP contribution in [0.3, 0.4) is 0 Å². The number of rotatable bonds is 8. The quantitative estimate of drug-likeness (QED) is 0.195. The molecule has 4 rings (SSSR count). The van der Waals surface area contributed by atoms with E-state index in [1.165, 1.54) is 60.7 Å². The fraction of sp³-hybridized carbons (Fsp3) is 0. The zero-order chi connectivity index (χ0) is 26.6. The summed E-state index contributed by atoms with van der Waals surface area (Å²) in [6, 6.07) is 20.9. The zero-order valence-corrected chi connectivity index (χ0v) is 21.0. The van der Waals surface area contributed by atoms with E-state index in [1.807, 2.05) is 4.72 Å². The number of halogens is 2. The number of carbonyl (C=O) groups excluding carboxylic acids is 1. The van der Waals surface area contributed by atoms with Gasteiger partial charge in [0.25, 0.3) is 21.6 Å². The Balaban J connectivity index is 1.49. The van der Waals surface area contributed by atoms with Crippen LogP contribution in [0.2, 0.25) is 5.02 Å². The maximum Gasteiger partial charge on any atom is 0.284 e. The summed E-state index contributed by atoms with van der Waals surface area (Å²) in [4.78, 5) is 24.1. The van der Waals surface area contributed by atoms with Crippen molar-refractivity contribution in [3.05, 3.63) is 118 Å². The van der Waals surface area contributed by atoms with Gasteiger partial charge < -0.3 is 4.74 Å². The zero-order valence-electron chi connectivity index (χ0n) is 18.6. The van der Waals surface area contributed by atoms with Crippen molar-refractivity contribution in [2.45, 2.75) is 14.7 Å². The van der Waals surface area contributed by atoms with Gasteiger partial charge in [0.1, 0.15) is 17.3 Å². The van der Waals surface area contributed by atoms with Gasteiger partial charge in [0.2, 0.25) is 0 Å². The number of hydrogen-bond donors (Lipinski definition) is 1. The maximum atomic E-state index is 13.1. The largest absolute Gasteiger partial charge is 0.457 e. The van der Waals surface area contributed by atoms with E-state index in [1.54, 1.807) is 24.3 Å². The molecule has 0 fully saturated rings. The Morgan fingerprint density at radius 3 is 2.11 bits per heavy atom. The van der Waals surface area contributed by atoms with E-state index < -0.39 is 32.4 Å². The smallest absolute Gasteiger partial charge is 0.284 e. The van der Waals surface area contributed by atoms with Crippen LogP contribution in [-0.4, -0.2) is 19.2 Å². The standard InChI is InChI=1S/C25H16ClFN2O6S2/c26-17-2-6-19(7-3-17)35-20-8-12-22(13-9-20)37(33,34)28-25(30)16-1-14-24(23(15-16)29(31)32)36-21-10-4-18(27)5-11-21/h1-15H,(H,28,30). The fourth-order valence-corrected chi connectivity index (χ4v) is 5.08. The van der Waals surface area contributed by atoms with Gasteiger partial charge in [-0.1, -0.05) is 23.4 Å². The number of nitro groups is 1. The lowest BCUT2D eigenvalue weighted by Gasteiger charge is -2.10. The molecule has 8 nitrogen and oxygen atoms in total. The number of carbonyl (C=O) groups is 1. The Bertz CT molecular complexity index is 1560. The normalized spacial score (nSPS) is 11.1. The molecular formula is C25H16ClFN2O6S2. The molecule has 37 heavy (non-hydrogen) atoms. The molecule has 0 bridgehead atoms. The highest BCUT2D eigenvalue weighted by atomic mass is 35.5. The second-order valence-corrected chi connectivity index (χ2v) is 10.7. The third-order valence-electron chi connectivity index (χ3n) is 4.87. The van der Waals surface area contributed by atoms with Gasteiger partial charge >= 0.3 is 0 Å². The van der Waals surface area contributed by atoms with E-state index in [2.05, 4.69) is 0 Å². The molecule has 1 amide bonds. The first-order valence-corrected chi connectivity index (χ1v) is 13.1. The first-order valence-electron chi connectivity index (χ1n) is 10.4. The molecule has 0 saturated heterocycles. The molecule has 0 radical (unpaired) electrons. The van der Waals surface area contributed by atoms with E-state index in [9.17, 15) is 27.7 Å². The summed E-state index contributed by atoms with van der Waals surface area (Å²) in [6.07, 6.45) is 0. The molecule has 12 heteroatoms. The summed E-state index contributed by atoms with van der Waals surface area (Å²) < 4.78 is 46.1. The maximum absolute atomic E-state index is 13.1. The Labute approximate surface area is 220 Å². The molecule has 1 N–H and O–H groups in total. The number of nitrogens with one attached hydrogen (secondary N) is 1. The van der Waals surface area contributed by atoms with Gasteiger partial charge in [-0.2, -0.15) is 0 Å². The molecule has 4 aromatic rings. The van der Waals surface area contributed by atoms with Crippen LogP contribution in [0, 0.1) is 15.9 Å². The average molecular weight is 559 g/mol. The molecule has 0 aliphatic heterocycles. The van der Waals surface area contributed by atoms with Crippen molar-refractivity contribution in [2.24, 2.45) is 0 Å². The molecule has 0 saturated carbocycles. The molecule has 4 aromatic carbocycles. The predicted octanol–water partition coefficient (Wildman–Crippen LogP) is 6.45. The second-order valence-electron chi connectivity index (χ2n) is 7.46. The molecule has 0 aliphatic carbocycles. The van der Waals surface area contributed by atoms with Gasteiger partial charge in [0, 0.05) is 21.5 Å². The Morgan fingerprint density at radius 1 is 0.919 bits per heavy atom. The van der Waals surface area contributed by atoms with Crippen molar-refractivity contribution in [3.63, 3.8) is 0 Å². The lowest BCUT2D eigenvalue weighted by molar-refractivity contribution is -0.387. The van der Waals surface area contributed by atoms with Crippen LogP contribution in [0.25, 0.3) is 0 Å². The summed E-state index contributed by atoms with van der Waals surface area (Å²) in [5, 5.41) is 12.1. The monoisotopic (exact) mass is 558 g/mol. The lowest BCUT2D eigenvalue weighted by Crippen LogP contribution is -2.30. The minimum Gasteiger partial charge on any atom is -0.457 e. The number of benzene rings is 4. The van der Waals surface area contributed by atoms with E-state index in [4.69, 9.17) is 16.3 Å². The molecule has 0 unspecified atom stereocenters. The van der Waals surface area contributed by atoms with Crippen molar-refractivity contribution in [3.8, 4) is 11.5 Å². The van der Waals surface area contributed by atoms with Crippen LogP contribution in [0.4, 0.5) is 10.1 Å². The van der Waals surface area contributed by atoms with Gasteiger partial charge in [-0.05, 0) is 84.9 Å². The highest BCUT2D eigenvalue weighted by Crippen LogP contribution is 2.35. The molecule has 188 valence electrons. The lowest BCUT2D eigenvalue weighted by atomic mass is 10.2. The SMILES string of the molecule is O=C(NS(=O)(=O)c1ccc(Oc2ccc(Cl)cc2)cc1)c1ccc(Sc2ccc(F)cc2)c([N+](=O)[O-])c1. The first kappa shape index (κ1) is 26.1. The number of hydrogen-bond acceptors (Lipinski definition) is 7. The number of sulfonamides is 1. The van der Waals surface area contributed by atoms with Gasteiger partial charge in [0.05, 0.1) is 14.7 Å². The fourth-order valence-electron chi connectivity index (χ4n) is 3.08. The average Bonchev–Trinajstić information content (AvgIpc) is 2.87. The second kappa shape index (κ2) is 11.0. The van der Waals surface area contributed by atoms with Crippen molar-refractivity contribution in [2.75, 3.05) is 0 Å². The van der Waals surface area contributed by atoms with Crippen molar-refractivity contribution in [1.29, 1.82) is 0 Å². The third-order valence-corrected chi connectivity index (χ3v) is 7.54. The summed E-state index contributed by atoms with van der Waals surface area (Å²) >= 11 is 6.85. The third kappa shape index (κ3) is 6.64. The van der Waals surface area contributed by atoms with Crippen molar-refractivity contribution < 1.29 is 27.3 Å². The van der Waals surface area contributed by atoms with Crippen LogP contribution in [0.15, 0.2) is 106 Å². The summed E-state index contributed by atoms with van der Waals surface area (Å²) in [6.45, 7) is 0. The summed E-state index contributed by atoms with van der Waals surface area (Å²) in [5.74, 6) is -0.632. The Morgan fingerprint density at radius 2 is 1.51 bits per heavy atom. The van der Waals surface area contributed by atoms with Crippen LogP contribution >= 0.6 is 23.4 Å². The predicted molar refractivity (Wildman–Crippen MR) is 136 cm³/mol.